The highest BCUT2D eigenvalue weighted by molar-refractivity contribution is 6.08. The van der Waals surface area contributed by atoms with Crippen LogP contribution in [0.2, 0.25) is 0 Å². The molecule has 0 amide bonds. The molecule has 14 rings (SSSR count). The number of fused-ring (bicyclic) bond motifs is 5. The van der Waals surface area contributed by atoms with Gasteiger partial charge in [0.1, 0.15) is 0 Å². The molecule has 0 N–H and O–H groups in total. The van der Waals surface area contributed by atoms with E-state index in [1.807, 2.05) is 0 Å². The van der Waals surface area contributed by atoms with E-state index >= 15 is 0 Å². The summed E-state index contributed by atoms with van der Waals surface area (Å²) in [6, 6.07) is 105. The molecule has 0 spiro atoms. The SMILES string of the molecule is C1=CC2=CCc3c(ccc4c(-c5ccc(N(c6ccc(C=Cc7ccccc7)cc6)c6ccc(C=Cc7ccccc7)cc6)cc5)ccc(-c5ccc(N(c6ccc(C=Cc7ccccc7)cc6)c6ccc(C=Cc7ccccc7)cc6)cc5)c34)C2C=C1. The molecular weight excluding hydrogens is 1060 g/mol. The highest BCUT2D eigenvalue weighted by Gasteiger charge is 2.25. The van der Waals surface area contributed by atoms with Crippen LogP contribution in [0.1, 0.15) is 61.6 Å². The number of hydrogen-bond donors (Lipinski definition) is 0. The predicted octanol–water partition coefficient (Wildman–Crippen LogP) is 23.5. The van der Waals surface area contributed by atoms with Gasteiger partial charge in [0.25, 0.3) is 0 Å². The van der Waals surface area contributed by atoms with Gasteiger partial charge in [-0.1, -0.05) is 297 Å². The van der Waals surface area contributed by atoms with Crippen LogP contribution in [-0.4, -0.2) is 0 Å². The Balaban J connectivity index is 0.816. The van der Waals surface area contributed by atoms with E-state index in [4.69, 9.17) is 0 Å². The van der Waals surface area contributed by atoms with E-state index in [0.29, 0.717) is 0 Å². The summed E-state index contributed by atoms with van der Waals surface area (Å²) in [5, 5.41) is 2.56. The van der Waals surface area contributed by atoms with Crippen LogP contribution in [0.4, 0.5) is 34.1 Å². The molecule has 1 atom stereocenters. The second kappa shape index (κ2) is 25.5. The summed E-state index contributed by atoms with van der Waals surface area (Å²) in [4.78, 5) is 4.72. The standard InChI is InChI=1S/C86H64N2/c1-5-15-63(16-6-1)25-29-67-33-46-74(47-34-67)87(75-48-35-68(36-49-75)30-26-64-17-7-2-8-18-64)78-54-41-72(42-55-78)81-59-60-82(86-84(81)62-61-83-80-24-14-13-23-71(80)45-58-85(83)86)73-43-56-79(57-44-73)88(76-50-37-69(38-51-76)31-27-65-19-9-3-10-20-65)77-52-39-70(40-53-77)32-28-66-21-11-4-12-22-66/h1-57,59-62,80H,58H2. The van der Waals surface area contributed by atoms with Crippen molar-refractivity contribution in [1.82, 2.24) is 0 Å². The summed E-state index contributed by atoms with van der Waals surface area (Å²) in [6.07, 6.45) is 29.7. The third-order valence-electron chi connectivity index (χ3n) is 16.8. The van der Waals surface area contributed by atoms with Crippen LogP contribution in [-0.2, 0) is 6.42 Å². The molecule has 0 aromatic heterocycles. The molecule has 0 fully saturated rings. The van der Waals surface area contributed by atoms with Crippen LogP contribution < -0.4 is 9.80 Å². The Morgan fingerprint density at radius 3 is 0.966 bits per heavy atom. The minimum absolute atomic E-state index is 0.221. The zero-order chi connectivity index (χ0) is 58.9. The van der Waals surface area contributed by atoms with Crippen molar-refractivity contribution in [1.29, 1.82) is 0 Å². The quantitative estimate of drug-likeness (QED) is 0.0890. The first-order chi connectivity index (χ1) is 43.6. The van der Waals surface area contributed by atoms with Crippen LogP contribution in [0, 0.1) is 0 Å². The van der Waals surface area contributed by atoms with Crippen LogP contribution in [0.5, 0.6) is 0 Å². The monoisotopic (exact) mass is 1120 g/mol. The molecule has 12 aromatic rings. The predicted molar refractivity (Wildman–Crippen MR) is 378 cm³/mol. The molecule has 12 aromatic carbocycles. The van der Waals surface area contributed by atoms with Gasteiger partial charge >= 0.3 is 0 Å². The van der Waals surface area contributed by atoms with Crippen molar-refractivity contribution in [2.24, 2.45) is 0 Å². The number of rotatable bonds is 16. The molecule has 0 bridgehead atoms. The van der Waals surface area contributed by atoms with Gasteiger partial charge in [-0.25, -0.2) is 0 Å². The second-order valence-electron chi connectivity index (χ2n) is 22.5. The lowest BCUT2D eigenvalue weighted by Gasteiger charge is -2.28. The van der Waals surface area contributed by atoms with Crippen molar-refractivity contribution in [3.63, 3.8) is 0 Å². The van der Waals surface area contributed by atoms with Gasteiger partial charge in [0.2, 0.25) is 0 Å². The van der Waals surface area contributed by atoms with Gasteiger partial charge in [-0.2, -0.15) is 0 Å². The van der Waals surface area contributed by atoms with E-state index in [1.165, 1.54) is 72.0 Å². The number of allylic oxidation sites excluding steroid dienone is 6. The molecule has 418 valence electrons. The van der Waals surface area contributed by atoms with Gasteiger partial charge < -0.3 is 9.80 Å². The molecule has 0 saturated heterocycles. The second-order valence-corrected chi connectivity index (χ2v) is 22.5. The van der Waals surface area contributed by atoms with E-state index < -0.39 is 0 Å². The van der Waals surface area contributed by atoms with Crippen LogP contribution in [0.15, 0.2) is 327 Å². The number of anilines is 6. The summed E-state index contributed by atoms with van der Waals surface area (Å²) in [7, 11) is 0. The van der Waals surface area contributed by atoms with Gasteiger partial charge in [0.05, 0.1) is 0 Å². The zero-order valence-corrected chi connectivity index (χ0v) is 48.9. The van der Waals surface area contributed by atoms with Crippen molar-refractivity contribution in [3.8, 4) is 22.3 Å². The fourth-order valence-electron chi connectivity index (χ4n) is 12.2. The number of benzene rings is 12. The lowest BCUT2D eigenvalue weighted by atomic mass is 9.76. The van der Waals surface area contributed by atoms with E-state index in [0.717, 1.165) is 62.8 Å². The third kappa shape index (κ3) is 12.1. The Bertz CT molecular complexity index is 4400. The van der Waals surface area contributed by atoms with E-state index in [1.54, 1.807) is 0 Å². The third-order valence-corrected chi connectivity index (χ3v) is 16.8. The van der Waals surface area contributed by atoms with Crippen molar-refractivity contribution < 1.29 is 0 Å². The van der Waals surface area contributed by atoms with Gasteiger partial charge in [-0.3, -0.25) is 0 Å². The van der Waals surface area contributed by atoms with Crippen molar-refractivity contribution in [2.45, 2.75) is 12.3 Å². The first kappa shape index (κ1) is 54.6. The average molecular weight is 1130 g/mol. The van der Waals surface area contributed by atoms with Crippen LogP contribution in [0.3, 0.4) is 0 Å². The molecule has 0 aliphatic heterocycles. The van der Waals surface area contributed by atoms with Gasteiger partial charge in [0, 0.05) is 40.0 Å². The molecule has 2 heteroatoms. The van der Waals surface area contributed by atoms with Crippen LogP contribution in [0.25, 0.3) is 81.6 Å². The first-order valence-corrected chi connectivity index (χ1v) is 30.4. The van der Waals surface area contributed by atoms with E-state index in [-0.39, 0.29) is 5.92 Å². The highest BCUT2D eigenvalue weighted by atomic mass is 15.1. The molecule has 2 nitrogen and oxygen atoms in total. The normalized spacial score (nSPS) is 13.5. The summed E-state index contributed by atoms with van der Waals surface area (Å²) in [5.41, 5.74) is 24.7. The average Bonchev–Trinajstić information content (AvgIpc) is 0.867. The Labute approximate surface area is 517 Å². The number of nitrogens with zero attached hydrogens (tertiary/aromatic N) is 2. The number of hydrogen-bond acceptors (Lipinski definition) is 2. The summed E-state index contributed by atoms with van der Waals surface area (Å²) in [6.45, 7) is 0. The molecule has 0 saturated carbocycles. The first-order valence-electron chi connectivity index (χ1n) is 30.4. The zero-order valence-electron chi connectivity index (χ0n) is 48.9. The minimum Gasteiger partial charge on any atom is -0.311 e. The highest BCUT2D eigenvalue weighted by Crippen LogP contribution is 2.46. The minimum atomic E-state index is 0.221. The summed E-state index contributed by atoms with van der Waals surface area (Å²) < 4.78 is 0. The summed E-state index contributed by atoms with van der Waals surface area (Å²) in [5.74, 6) is 0.221. The largest absolute Gasteiger partial charge is 0.311 e. The lowest BCUT2D eigenvalue weighted by molar-refractivity contribution is 0.945. The lowest BCUT2D eigenvalue weighted by Crippen LogP contribution is -2.11. The van der Waals surface area contributed by atoms with Crippen molar-refractivity contribution in [3.05, 3.63) is 383 Å². The van der Waals surface area contributed by atoms with Gasteiger partial charge in [-0.05, 0) is 173 Å². The molecule has 2 aliphatic rings. The fourth-order valence-corrected chi connectivity index (χ4v) is 12.2. The molecule has 1 unspecified atom stereocenters. The molecule has 88 heavy (non-hydrogen) atoms. The van der Waals surface area contributed by atoms with Gasteiger partial charge in [0.15, 0.2) is 0 Å². The topological polar surface area (TPSA) is 6.48 Å². The molecular formula is C86H64N2. The maximum Gasteiger partial charge on any atom is 0.0462 e. The van der Waals surface area contributed by atoms with Crippen molar-refractivity contribution in [2.75, 3.05) is 9.80 Å². The van der Waals surface area contributed by atoms with E-state index in [2.05, 4.69) is 380 Å². The fraction of sp³-hybridized carbons (Fsp3) is 0.0233. The molecule has 2 aliphatic carbocycles. The molecule has 0 heterocycles. The van der Waals surface area contributed by atoms with Crippen molar-refractivity contribution >= 4 is 93.5 Å². The summed E-state index contributed by atoms with van der Waals surface area (Å²) >= 11 is 0. The maximum absolute atomic E-state index is 2.44. The van der Waals surface area contributed by atoms with E-state index in [9.17, 15) is 0 Å². The Morgan fingerprint density at radius 1 is 0.284 bits per heavy atom. The smallest absolute Gasteiger partial charge is 0.0462 e. The maximum atomic E-state index is 2.44. The Hall–Kier alpha value is -11.3. The molecule has 0 radical (unpaired) electrons. The Kier molecular flexibility index (Phi) is 15.8. The van der Waals surface area contributed by atoms with Gasteiger partial charge in [-0.15, -0.1) is 0 Å². The Morgan fingerprint density at radius 2 is 0.602 bits per heavy atom. The van der Waals surface area contributed by atoms with Crippen LogP contribution >= 0.6 is 0 Å².